The molecule has 0 fully saturated rings. The molecule has 0 radical (unpaired) electrons. The Morgan fingerprint density at radius 1 is 1.09 bits per heavy atom. The van der Waals surface area contributed by atoms with Crippen LogP contribution in [-0.2, 0) is 12.0 Å². The molecule has 0 unspecified atom stereocenters. The molecule has 0 saturated carbocycles. The monoisotopic (exact) mass is 311 g/mol. The number of anilines is 1. The molecule has 2 aromatic rings. The van der Waals surface area contributed by atoms with Gasteiger partial charge < -0.3 is 10.2 Å². The van der Waals surface area contributed by atoms with Crippen molar-refractivity contribution >= 4 is 11.7 Å². The van der Waals surface area contributed by atoms with Crippen molar-refractivity contribution in [3.8, 4) is 0 Å². The van der Waals surface area contributed by atoms with Crippen molar-refractivity contribution in [1.82, 2.24) is 9.88 Å². The third kappa shape index (κ3) is 4.81. The molecule has 0 bridgehead atoms. The van der Waals surface area contributed by atoms with Crippen LogP contribution in [0.5, 0.6) is 0 Å². The van der Waals surface area contributed by atoms with Crippen LogP contribution < -0.4 is 5.32 Å². The molecular formula is C19H25N3O. The van der Waals surface area contributed by atoms with E-state index in [1.165, 1.54) is 5.56 Å². The van der Waals surface area contributed by atoms with Crippen LogP contribution in [0, 0.1) is 0 Å². The quantitative estimate of drug-likeness (QED) is 0.907. The van der Waals surface area contributed by atoms with E-state index in [0.29, 0.717) is 13.1 Å². The lowest BCUT2D eigenvalue weighted by Crippen LogP contribution is -2.34. The first-order valence-electron chi connectivity index (χ1n) is 7.95. The Labute approximate surface area is 138 Å². The van der Waals surface area contributed by atoms with Crippen LogP contribution >= 0.6 is 0 Å². The SMILES string of the molecule is CCN(Cc1ccncc1)C(=O)Nc1ccc(C(C)(C)C)cc1. The van der Waals surface area contributed by atoms with Crippen molar-refractivity contribution in [3.63, 3.8) is 0 Å². The van der Waals surface area contributed by atoms with E-state index in [1.54, 1.807) is 17.3 Å². The summed E-state index contributed by atoms with van der Waals surface area (Å²) in [6, 6.07) is 11.8. The first-order valence-corrected chi connectivity index (χ1v) is 7.95. The van der Waals surface area contributed by atoms with Crippen LogP contribution in [0.4, 0.5) is 10.5 Å². The van der Waals surface area contributed by atoms with E-state index >= 15 is 0 Å². The molecule has 2 rings (SSSR count). The molecule has 2 amide bonds. The fraction of sp³-hybridized carbons (Fsp3) is 0.368. The molecular weight excluding hydrogens is 286 g/mol. The Morgan fingerprint density at radius 3 is 2.22 bits per heavy atom. The van der Waals surface area contributed by atoms with Crippen molar-refractivity contribution in [3.05, 3.63) is 59.9 Å². The van der Waals surface area contributed by atoms with Crippen LogP contribution in [0.3, 0.4) is 0 Å². The normalized spacial score (nSPS) is 11.1. The maximum absolute atomic E-state index is 12.4. The Bertz CT molecular complexity index is 630. The number of nitrogens with one attached hydrogen (secondary N) is 1. The van der Waals surface area contributed by atoms with Gasteiger partial charge in [-0.2, -0.15) is 0 Å². The molecule has 1 aromatic carbocycles. The summed E-state index contributed by atoms with van der Waals surface area (Å²) >= 11 is 0. The molecule has 23 heavy (non-hydrogen) atoms. The van der Waals surface area contributed by atoms with Crippen molar-refractivity contribution < 1.29 is 4.79 Å². The highest BCUT2D eigenvalue weighted by Gasteiger charge is 2.15. The topological polar surface area (TPSA) is 45.2 Å². The van der Waals surface area contributed by atoms with E-state index < -0.39 is 0 Å². The molecule has 4 nitrogen and oxygen atoms in total. The van der Waals surface area contributed by atoms with Crippen LogP contribution in [-0.4, -0.2) is 22.5 Å². The van der Waals surface area contributed by atoms with Gasteiger partial charge in [-0.05, 0) is 47.7 Å². The van der Waals surface area contributed by atoms with Crippen LogP contribution in [0.25, 0.3) is 0 Å². The summed E-state index contributed by atoms with van der Waals surface area (Å²) in [5, 5.41) is 2.96. The zero-order chi connectivity index (χ0) is 16.9. The van der Waals surface area contributed by atoms with Crippen LogP contribution in [0.2, 0.25) is 0 Å². The predicted octanol–water partition coefficient (Wildman–Crippen LogP) is 4.43. The fourth-order valence-electron chi connectivity index (χ4n) is 2.29. The van der Waals surface area contributed by atoms with Crippen LogP contribution in [0.15, 0.2) is 48.8 Å². The summed E-state index contributed by atoms with van der Waals surface area (Å²) < 4.78 is 0. The zero-order valence-corrected chi connectivity index (χ0v) is 14.3. The molecule has 0 atom stereocenters. The predicted molar refractivity (Wildman–Crippen MR) is 94.5 cm³/mol. The first-order chi connectivity index (χ1) is 10.9. The van der Waals surface area contributed by atoms with Gasteiger partial charge in [0.25, 0.3) is 0 Å². The smallest absolute Gasteiger partial charge is 0.320 e. The number of benzene rings is 1. The van der Waals surface area contributed by atoms with Gasteiger partial charge in [-0.15, -0.1) is 0 Å². The van der Waals surface area contributed by atoms with Crippen molar-refractivity contribution in [2.45, 2.75) is 39.7 Å². The summed E-state index contributed by atoms with van der Waals surface area (Å²) in [6.07, 6.45) is 3.48. The minimum absolute atomic E-state index is 0.0900. The number of nitrogens with zero attached hydrogens (tertiary/aromatic N) is 2. The van der Waals surface area contributed by atoms with Gasteiger partial charge in [-0.25, -0.2) is 4.79 Å². The summed E-state index contributed by atoms with van der Waals surface area (Å²) in [6.45, 7) is 9.72. The van der Waals surface area contributed by atoms with Gasteiger partial charge in [-0.1, -0.05) is 32.9 Å². The highest BCUT2D eigenvalue weighted by Crippen LogP contribution is 2.23. The molecule has 0 aliphatic rings. The summed E-state index contributed by atoms with van der Waals surface area (Å²) in [5.41, 5.74) is 3.25. The molecule has 1 aromatic heterocycles. The van der Waals surface area contributed by atoms with Gasteiger partial charge in [0, 0.05) is 31.2 Å². The van der Waals surface area contributed by atoms with Crippen molar-refractivity contribution in [2.24, 2.45) is 0 Å². The second kappa shape index (κ2) is 7.27. The number of rotatable bonds is 4. The average Bonchev–Trinajstić information content (AvgIpc) is 2.53. The van der Waals surface area contributed by atoms with Crippen molar-refractivity contribution in [1.29, 1.82) is 0 Å². The van der Waals surface area contributed by atoms with E-state index in [2.05, 4.69) is 43.2 Å². The first kappa shape index (κ1) is 17.0. The Hall–Kier alpha value is -2.36. The largest absolute Gasteiger partial charge is 0.322 e. The number of pyridine rings is 1. The highest BCUT2D eigenvalue weighted by molar-refractivity contribution is 5.89. The van der Waals surface area contributed by atoms with E-state index in [-0.39, 0.29) is 11.4 Å². The number of carbonyl (C=O) groups excluding carboxylic acids is 1. The molecule has 0 saturated heterocycles. The third-order valence-electron chi connectivity index (χ3n) is 3.79. The second-order valence-electron chi connectivity index (χ2n) is 6.63. The molecule has 1 N–H and O–H groups in total. The Kier molecular flexibility index (Phi) is 5.37. The number of urea groups is 1. The molecule has 0 spiro atoms. The lowest BCUT2D eigenvalue weighted by Gasteiger charge is -2.22. The minimum atomic E-state index is -0.0900. The molecule has 122 valence electrons. The lowest BCUT2D eigenvalue weighted by molar-refractivity contribution is 0.212. The van der Waals surface area contributed by atoms with Gasteiger partial charge in [0.2, 0.25) is 0 Å². The van der Waals surface area contributed by atoms with E-state index in [0.717, 1.165) is 11.3 Å². The average molecular weight is 311 g/mol. The van der Waals surface area contributed by atoms with Crippen LogP contribution in [0.1, 0.15) is 38.8 Å². The second-order valence-corrected chi connectivity index (χ2v) is 6.63. The van der Waals surface area contributed by atoms with Gasteiger partial charge in [-0.3, -0.25) is 4.98 Å². The van der Waals surface area contributed by atoms with Gasteiger partial charge >= 0.3 is 6.03 Å². The molecule has 4 heteroatoms. The Morgan fingerprint density at radius 2 is 1.70 bits per heavy atom. The highest BCUT2D eigenvalue weighted by atomic mass is 16.2. The third-order valence-corrected chi connectivity index (χ3v) is 3.79. The maximum atomic E-state index is 12.4. The Balaban J connectivity index is 2.02. The summed E-state index contributed by atoms with van der Waals surface area (Å²) in [5.74, 6) is 0. The number of hydrogen-bond acceptors (Lipinski definition) is 2. The molecule has 0 aliphatic carbocycles. The fourth-order valence-corrected chi connectivity index (χ4v) is 2.29. The minimum Gasteiger partial charge on any atom is -0.320 e. The maximum Gasteiger partial charge on any atom is 0.322 e. The van der Waals surface area contributed by atoms with Gasteiger partial charge in [0.15, 0.2) is 0 Å². The van der Waals surface area contributed by atoms with Gasteiger partial charge in [0.05, 0.1) is 0 Å². The summed E-state index contributed by atoms with van der Waals surface area (Å²) in [7, 11) is 0. The van der Waals surface area contributed by atoms with E-state index in [9.17, 15) is 4.79 Å². The summed E-state index contributed by atoms with van der Waals surface area (Å²) in [4.78, 5) is 18.2. The van der Waals surface area contributed by atoms with Crippen molar-refractivity contribution in [2.75, 3.05) is 11.9 Å². The van der Waals surface area contributed by atoms with E-state index in [1.807, 2.05) is 31.2 Å². The number of amides is 2. The molecule has 1 heterocycles. The molecule has 0 aliphatic heterocycles. The standard InChI is InChI=1S/C19H25N3O/c1-5-22(14-15-10-12-20-13-11-15)18(23)21-17-8-6-16(7-9-17)19(2,3)4/h6-13H,5,14H2,1-4H3,(H,21,23). The number of aromatic nitrogens is 1. The van der Waals surface area contributed by atoms with E-state index in [4.69, 9.17) is 0 Å². The number of hydrogen-bond donors (Lipinski definition) is 1. The lowest BCUT2D eigenvalue weighted by atomic mass is 9.87. The van der Waals surface area contributed by atoms with Gasteiger partial charge in [0.1, 0.15) is 0 Å². The number of carbonyl (C=O) groups is 1. The zero-order valence-electron chi connectivity index (χ0n) is 14.3.